The molecule has 1 saturated heterocycles. The van der Waals surface area contributed by atoms with Gasteiger partial charge < -0.3 is 20.7 Å². The van der Waals surface area contributed by atoms with E-state index in [0.717, 1.165) is 12.6 Å². The van der Waals surface area contributed by atoms with Crippen molar-refractivity contribution in [3.05, 3.63) is 24.3 Å². The Hall–Kier alpha value is -1.80. The van der Waals surface area contributed by atoms with Crippen LogP contribution in [0.3, 0.4) is 0 Å². The first kappa shape index (κ1) is 14.6. The quantitative estimate of drug-likeness (QED) is 0.779. The SMILES string of the molecule is O=C(Nc1ccccc1OC(F)(F)F)C1CNCCN1. The summed E-state index contributed by atoms with van der Waals surface area (Å²) in [6, 6.07) is 4.94. The summed E-state index contributed by atoms with van der Waals surface area (Å²) in [7, 11) is 0. The highest BCUT2D eigenvalue weighted by Crippen LogP contribution is 2.29. The molecule has 8 heteroatoms. The fraction of sp³-hybridized carbons (Fsp3) is 0.417. The summed E-state index contributed by atoms with van der Waals surface area (Å²) in [5.41, 5.74) is -0.0119. The monoisotopic (exact) mass is 289 g/mol. The third-order valence-corrected chi connectivity index (χ3v) is 2.73. The lowest BCUT2D eigenvalue weighted by Gasteiger charge is -2.24. The van der Waals surface area contributed by atoms with Crippen molar-refractivity contribution in [1.82, 2.24) is 10.6 Å². The second-order valence-corrected chi connectivity index (χ2v) is 4.24. The van der Waals surface area contributed by atoms with Gasteiger partial charge in [0.1, 0.15) is 0 Å². The van der Waals surface area contributed by atoms with Gasteiger partial charge in [0.15, 0.2) is 5.75 Å². The second kappa shape index (κ2) is 6.10. The van der Waals surface area contributed by atoms with Crippen molar-refractivity contribution in [2.75, 3.05) is 25.0 Å². The number of alkyl halides is 3. The summed E-state index contributed by atoms with van der Waals surface area (Å²) < 4.78 is 40.6. The molecule has 0 aliphatic carbocycles. The fourth-order valence-electron chi connectivity index (χ4n) is 1.84. The second-order valence-electron chi connectivity index (χ2n) is 4.24. The Labute approximate surface area is 113 Å². The first-order valence-corrected chi connectivity index (χ1v) is 6.05. The van der Waals surface area contributed by atoms with Crippen LogP contribution in [-0.2, 0) is 4.79 Å². The van der Waals surface area contributed by atoms with Crippen LogP contribution in [0, 0.1) is 0 Å². The van der Waals surface area contributed by atoms with E-state index in [-0.39, 0.29) is 5.69 Å². The Kier molecular flexibility index (Phi) is 4.46. The van der Waals surface area contributed by atoms with E-state index in [9.17, 15) is 18.0 Å². The van der Waals surface area contributed by atoms with Gasteiger partial charge in [-0.2, -0.15) is 0 Å². The van der Waals surface area contributed by atoms with Crippen LogP contribution in [0.5, 0.6) is 5.75 Å². The average molecular weight is 289 g/mol. The number of piperazine rings is 1. The number of halogens is 3. The third-order valence-electron chi connectivity index (χ3n) is 2.73. The lowest BCUT2D eigenvalue weighted by atomic mass is 10.2. The summed E-state index contributed by atoms with van der Waals surface area (Å²) in [6.45, 7) is 1.80. The molecule has 0 aromatic heterocycles. The van der Waals surface area contributed by atoms with Gasteiger partial charge in [0.05, 0.1) is 11.7 Å². The summed E-state index contributed by atoms with van der Waals surface area (Å²) in [6.07, 6.45) is -4.80. The number of carbonyl (C=O) groups excluding carboxylic acids is 1. The Morgan fingerprint density at radius 1 is 1.30 bits per heavy atom. The molecule has 110 valence electrons. The van der Waals surface area contributed by atoms with Crippen molar-refractivity contribution in [2.24, 2.45) is 0 Å². The van der Waals surface area contributed by atoms with Gasteiger partial charge in [0, 0.05) is 19.6 Å². The van der Waals surface area contributed by atoms with Crippen molar-refractivity contribution in [3.63, 3.8) is 0 Å². The molecule has 1 aromatic carbocycles. The highest BCUT2D eigenvalue weighted by Gasteiger charge is 2.32. The zero-order valence-electron chi connectivity index (χ0n) is 10.5. The van der Waals surface area contributed by atoms with E-state index in [1.807, 2.05) is 0 Å². The van der Waals surface area contributed by atoms with Gasteiger partial charge in [-0.3, -0.25) is 4.79 Å². The maximum atomic E-state index is 12.3. The number of benzene rings is 1. The zero-order valence-corrected chi connectivity index (χ0v) is 10.5. The van der Waals surface area contributed by atoms with Crippen molar-refractivity contribution in [2.45, 2.75) is 12.4 Å². The maximum Gasteiger partial charge on any atom is 0.573 e. The molecule has 1 unspecified atom stereocenters. The molecule has 1 aliphatic heterocycles. The molecule has 20 heavy (non-hydrogen) atoms. The highest BCUT2D eigenvalue weighted by molar-refractivity contribution is 5.96. The Morgan fingerprint density at radius 3 is 2.70 bits per heavy atom. The molecule has 1 atom stereocenters. The summed E-state index contributed by atoms with van der Waals surface area (Å²) in [5, 5.41) is 8.43. The predicted octanol–water partition coefficient (Wildman–Crippen LogP) is 1.09. The molecule has 5 nitrogen and oxygen atoms in total. The fourth-order valence-corrected chi connectivity index (χ4v) is 1.84. The van der Waals surface area contributed by atoms with Crippen molar-refractivity contribution >= 4 is 11.6 Å². The molecule has 2 rings (SSSR count). The van der Waals surface area contributed by atoms with E-state index in [1.54, 1.807) is 0 Å². The average Bonchev–Trinajstić information content (AvgIpc) is 2.40. The lowest BCUT2D eigenvalue weighted by molar-refractivity contribution is -0.274. The molecule has 0 bridgehead atoms. The Balaban J connectivity index is 2.06. The molecular formula is C12H14F3N3O2. The van der Waals surface area contributed by atoms with Crippen molar-refractivity contribution < 1.29 is 22.7 Å². The lowest BCUT2D eigenvalue weighted by Crippen LogP contribution is -2.54. The smallest absolute Gasteiger partial charge is 0.404 e. The molecule has 3 N–H and O–H groups in total. The highest BCUT2D eigenvalue weighted by atomic mass is 19.4. The largest absolute Gasteiger partial charge is 0.573 e. The number of para-hydroxylation sites is 2. The molecule has 1 heterocycles. The number of nitrogens with one attached hydrogen (secondary N) is 3. The minimum atomic E-state index is -4.80. The number of hydrogen-bond acceptors (Lipinski definition) is 4. The van der Waals surface area contributed by atoms with E-state index < -0.39 is 24.1 Å². The summed E-state index contributed by atoms with van der Waals surface area (Å²) in [4.78, 5) is 11.9. The normalized spacial score (nSPS) is 19.4. The Bertz CT molecular complexity index is 473. The zero-order chi connectivity index (χ0) is 14.6. The molecule has 1 fully saturated rings. The molecule has 1 amide bonds. The van der Waals surface area contributed by atoms with Gasteiger partial charge in [-0.05, 0) is 12.1 Å². The first-order chi connectivity index (χ1) is 9.46. The summed E-state index contributed by atoms with van der Waals surface area (Å²) >= 11 is 0. The predicted molar refractivity (Wildman–Crippen MR) is 66.4 cm³/mol. The molecule has 1 aliphatic rings. The minimum Gasteiger partial charge on any atom is -0.404 e. The maximum absolute atomic E-state index is 12.3. The van der Waals surface area contributed by atoms with Crippen molar-refractivity contribution in [1.29, 1.82) is 0 Å². The van der Waals surface area contributed by atoms with Crippen LogP contribution in [0.25, 0.3) is 0 Å². The van der Waals surface area contributed by atoms with Crippen LogP contribution in [0.2, 0.25) is 0 Å². The van der Waals surface area contributed by atoms with Gasteiger partial charge in [-0.15, -0.1) is 13.2 Å². The first-order valence-electron chi connectivity index (χ1n) is 6.05. The van der Waals surface area contributed by atoms with Crippen LogP contribution in [-0.4, -0.2) is 37.9 Å². The third kappa shape index (κ3) is 4.10. The van der Waals surface area contributed by atoms with E-state index >= 15 is 0 Å². The number of anilines is 1. The van der Waals surface area contributed by atoms with Crippen LogP contribution in [0.4, 0.5) is 18.9 Å². The number of hydrogen-bond donors (Lipinski definition) is 3. The molecule has 1 aromatic rings. The number of amides is 1. The van der Waals surface area contributed by atoms with Crippen LogP contribution in [0.15, 0.2) is 24.3 Å². The van der Waals surface area contributed by atoms with Crippen LogP contribution in [0.1, 0.15) is 0 Å². The topological polar surface area (TPSA) is 62.4 Å². The minimum absolute atomic E-state index is 0.0119. The van der Waals surface area contributed by atoms with Crippen molar-refractivity contribution in [3.8, 4) is 5.75 Å². The Morgan fingerprint density at radius 2 is 2.05 bits per heavy atom. The molecule has 0 saturated carbocycles. The standard InChI is InChI=1S/C12H14F3N3O2/c13-12(14,15)20-10-4-2-1-3-8(10)18-11(19)9-7-16-5-6-17-9/h1-4,9,16-17H,5-7H2,(H,18,19). The number of rotatable bonds is 3. The van der Waals surface area contributed by atoms with E-state index in [2.05, 4.69) is 20.7 Å². The molecule has 0 radical (unpaired) electrons. The van der Waals surface area contributed by atoms with Gasteiger partial charge in [0.2, 0.25) is 5.91 Å². The van der Waals surface area contributed by atoms with E-state index in [0.29, 0.717) is 13.1 Å². The van der Waals surface area contributed by atoms with Gasteiger partial charge in [0.25, 0.3) is 0 Å². The van der Waals surface area contributed by atoms with Crippen LogP contribution >= 0.6 is 0 Å². The molecular weight excluding hydrogens is 275 g/mol. The van der Waals surface area contributed by atoms with Gasteiger partial charge in [-0.1, -0.05) is 12.1 Å². The van der Waals surface area contributed by atoms with E-state index in [1.165, 1.54) is 18.2 Å². The van der Waals surface area contributed by atoms with Gasteiger partial charge >= 0.3 is 6.36 Å². The van der Waals surface area contributed by atoms with Crippen LogP contribution < -0.4 is 20.7 Å². The summed E-state index contributed by atoms with van der Waals surface area (Å²) in [5.74, 6) is -0.840. The van der Waals surface area contributed by atoms with E-state index in [4.69, 9.17) is 0 Å². The number of ether oxygens (including phenoxy) is 1. The molecule has 0 spiro atoms. The number of carbonyl (C=O) groups is 1. The van der Waals surface area contributed by atoms with Gasteiger partial charge in [-0.25, -0.2) is 0 Å².